The molecule has 0 saturated heterocycles. The van der Waals surface area contributed by atoms with Crippen molar-refractivity contribution < 1.29 is 39.5 Å². The average molecular weight is 226 g/mol. The quantitative estimate of drug-likeness (QED) is 0.530. The summed E-state index contributed by atoms with van der Waals surface area (Å²) >= 11 is 0. The third kappa shape index (κ3) is 2.41. The van der Waals surface area contributed by atoms with Gasteiger partial charge >= 0.3 is 29.6 Å². The molecule has 2 heterocycles. The van der Waals surface area contributed by atoms with Gasteiger partial charge in [-0.3, -0.25) is 4.98 Å². The number of carbonyl (C=O) groups excluding carboxylic acids is 1. The van der Waals surface area contributed by atoms with Crippen LogP contribution in [0.1, 0.15) is 10.4 Å². The third-order valence-electron chi connectivity index (χ3n) is 1.87. The number of nitrogens with two attached hydrogens (primary N) is 1. The van der Waals surface area contributed by atoms with Gasteiger partial charge in [-0.2, -0.15) is 0 Å². The molecule has 0 saturated carbocycles. The molecular formula is C9H7N4NaO2. The molecule has 0 radical (unpaired) electrons. The Kier molecular flexibility index (Phi) is 4.05. The number of carboxylic acids is 1. The van der Waals surface area contributed by atoms with Crippen LogP contribution in [0.2, 0.25) is 0 Å². The van der Waals surface area contributed by atoms with Gasteiger partial charge in [-0.15, -0.1) is 5.10 Å². The molecular weight excluding hydrogens is 219 g/mol. The minimum absolute atomic E-state index is 0. The Morgan fingerprint density at radius 1 is 1.50 bits per heavy atom. The number of hydrogen-bond acceptors (Lipinski definition) is 5. The zero-order valence-electron chi connectivity index (χ0n) is 8.62. The molecule has 7 heteroatoms. The fourth-order valence-electron chi connectivity index (χ4n) is 1.17. The Bertz CT molecular complexity index is 497. The maximum Gasteiger partial charge on any atom is 1.00 e. The molecule has 16 heavy (non-hydrogen) atoms. The van der Waals surface area contributed by atoms with Gasteiger partial charge in [0, 0.05) is 12.4 Å². The molecule has 0 aliphatic rings. The molecule has 2 aromatic rings. The van der Waals surface area contributed by atoms with Gasteiger partial charge in [0.2, 0.25) is 0 Å². The number of carboxylic acid groups (broad SMARTS) is 1. The maximum atomic E-state index is 10.6. The molecule has 0 bridgehead atoms. The van der Waals surface area contributed by atoms with E-state index in [0.717, 1.165) is 0 Å². The average Bonchev–Trinajstić information content (AvgIpc) is 2.62. The van der Waals surface area contributed by atoms with E-state index in [9.17, 15) is 9.90 Å². The van der Waals surface area contributed by atoms with Gasteiger partial charge in [-0.25, -0.2) is 4.68 Å². The van der Waals surface area contributed by atoms with Crippen LogP contribution in [0.3, 0.4) is 0 Å². The number of anilines is 1. The van der Waals surface area contributed by atoms with Crippen LogP contribution in [0.5, 0.6) is 0 Å². The van der Waals surface area contributed by atoms with E-state index in [4.69, 9.17) is 5.73 Å². The van der Waals surface area contributed by atoms with Crippen LogP contribution >= 0.6 is 0 Å². The summed E-state index contributed by atoms with van der Waals surface area (Å²) in [5.74, 6) is -1.42. The summed E-state index contributed by atoms with van der Waals surface area (Å²) in [7, 11) is 0. The van der Waals surface area contributed by atoms with Crippen LogP contribution in [0.15, 0.2) is 30.7 Å². The van der Waals surface area contributed by atoms with Gasteiger partial charge in [0.05, 0.1) is 23.4 Å². The number of aromatic carboxylic acids is 1. The maximum absolute atomic E-state index is 10.6. The van der Waals surface area contributed by atoms with E-state index in [0.29, 0.717) is 5.69 Å². The van der Waals surface area contributed by atoms with Gasteiger partial charge in [-0.1, -0.05) is 0 Å². The molecule has 2 N–H and O–H groups in total. The second-order valence-electron chi connectivity index (χ2n) is 2.87. The third-order valence-corrected chi connectivity index (χ3v) is 1.87. The number of rotatable bonds is 2. The minimum atomic E-state index is -1.34. The van der Waals surface area contributed by atoms with Crippen LogP contribution in [0.4, 0.5) is 5.82 Å². The molecule has 2 rings (SSSR count). The summed E-state index contributed by atoms with van der Waals surface area (Å²) in [6.45, 7) is 0. The van der Waals surface area contributed by atoms with Crippen molar-refractivity contribution in [3.8, 4) is 5.69 Å². The van der Waals surface area contributed by atoms with E-state index in [2.05, 4.69) is 10.1 Å². The summed E-state index contributed by atoms with van der Waals surface area (Å²) in [6.07, 6.45) is 4.45. The van der Waals surface area contributed by atoms with Crippen molar-refractivity contribution in [2.45, 2.75) is 0 Å². The molecule has 0 amide bonds. The number of pyridine rings is 1. The molecule has 0 atom stereocenters. The fourth-order valence-corrected chi connectivity index (χ4v) is 1.17. The first kappa shape index (κ1) is 12.7. The van der Waals surface area contributed by atoms with Gasteiger partial charge in [0.15, 0.2) is 5.82 Å². The molecule has 6 nitrogen and oxygen atoms in total. The molecule has 0 aliphatic heterocycles. The Balaban J connectivity index is 0.00000128. The van der Waals surface area contributed by atoms with Crippen LogP contribution in [0.25, 0.3) is 5.69 Å². The molecule has 0 spiro atoms. The van der Waals surface area contributed by atoms with E-state index in [-0.39, 0.29) is 40.9 Å². The normalized spacial score (nSPS) is 9.50. The summed E-state index contributed by atoms with van der Waals surface area (Å²) < 4.78 is 1.34. The Labute approximate surface area is 113 Å². The van der Waals surface area contributed by atoms with Crippen molar-refractivity contribution in [3.05, 3.63) is 36.3 Å². The van der Waals surface area contributed by atoms with E-state index in [1.807, 2.05) is 0 Å². The monoisotopic (exact) mass is 226 g/mol. The summed E-state index contributed by atoms with van der Waals surface area (Å²) in [5, 5.41) is 14.4. The summed E-state index contributed by atoms with van der Waals surface area (Å²) in [4.78, 5) is 14.5. The first-order chi connectivity index (χ1) is 7.18. The number of hydrogen-bond donors (Lipinski definition) is 1. The van der Waals surface area contributed by atoms with Crippen molar-refractivity contribution >= 4 is 11.8 Å². The van der Waals surface area contributed by atoms with E-state index >= 15 is 0 Å². The zero-order chi connectivity index (χ0) is 10.8. The van der Waals surface area contributed by atoms with Crippen LogP contribution in [-0.2, 0) is 0 Å². The molecule has 0 fully saturated rings. The molecule has 0 unspecified atom stereocenters. The second-order valence-corrected chi connectivity index (χ2v) is 2.87. The zero-order valence-corrected chi connectivity index (χ0v) is 10.6. The first-order valence-electron chi connectivity index (χ1n) is 4.15. The Morgan fingerprint density at radius 2 is 2.25 bits per heavy atom. The van der Waals surface area contributed by atoms with Crippen molar-refractivity contribution in [2.24, 2.45) is 0 Å². The topological polar surface area (TPSA) is 96.9 Å². The van der Waals surface area contributed by atoms with E-state index in [1.165, 1.54) is 10.9 Å². The summed E-state index contributed by atoms with van der Waals surface area (Å²) in [5.41, 5.74) is 5.92. The molecule has 76 valence electrons. The van der Waals surface area contributed by atoms with Crippen molar-refractivity contribution in [3.63, 3.8) is 0 Å². The van der Waals surface area contributed by atoms with Gasteiger partial charge in [-0.05, 0) is 12.1 Å². The fraction of sp³-hybridized carbons (Fsp3) is 0. The van der Waals surface area contributed by atoms with Crippen molar-refractivity contribution in [1.29, 1.82) is 0 Å². The standard InChI is InChI=1S/C9H8N4O2.Na/c10-8-7(9(14)15)5-13(12-8)6-2-1-3-11-4-6;/h1-5H,(H2,10,12)(H,14,15);/q;+1/p-1. The Hall–Kier alpha value is -1.37. The Morgan fingerprint density at radius 3 is 2.75 bits per heavy atom. The largest absolute Gasteiger partial charge is 1.00 e. The van der Waals surface area contributed by atoms with E-state index < -0.39 is 5.97 Å². The minimum Gasteiger partial charge on any atom is -0.545 e. The van der Waals surface area contributed by atoms with Crippen molar-refractivity contribution in [1.82, 2.24) is 14.8 Å². The smallest absolute Gasteiger partial charge is 0.545 e. The van der Waals surface area contributed by atoms with Gasteiger partial charge < -0.3 is 15.6 Å². The number of carbonyl (C=O) groups is 1. The van der Waals surface area contributed by atoms with Crippen LogP contribution < -0.4 is 40.4 Å². The molecule has 0 aliphatic carbocycles. The second kappa shape index (κ2) is 5.11. The number of nitrogen functional groups attached to an aromatic ring is 1. The van der Waals surface area contributed by atoms with Gasteiger partial charge in [0.1, 0.15) is 0 Å². The predicted molar refractivity (Wildman–Crippen MR) is 50.1 cm³/mol. The number of aromatic nitrogens is 3. The van der Waals surface area contributed by atoms with Crippen LogP contribution in [-0.4, -0.2) is 20.7 Å². The van der Waals surface area contributed by atoms with Gasteiger partial charge in [0.25, 0.3) is 0 Å². The van der Waals surface area contributed by atoms with Crippen LogP contribution in [0, 0.1) is 0 Å². The molecule has 2 aromatic heterocycles. The first-order valence-corrected chi connectivity index (χ1v) is 4.15. The SMILES string of the molecule is Nc1nn(-c2cccnc2)cc1C(=O)[O-].[Na+]. The predicted octanol–water partition coefficient (Wildman–Crippen LogP) is -3.78. The number of nitrogens with zero attached hydrogens (tertiary/aromatic N) is 3. The van der Waals surface area contributed by atoms with Crippen molar-refractivity contribution in [2.75, 3.05) is 5.73 Å². The molecule has 0 aromatic carbocycles. The van der Waals surface area contributed by atoms with E-state index in [1.54, 1.807) is 24.5 Å². The summed E-state index contributed by atoms with van der Waals surface area (Å²) in [6, 6.07) is 3.45.